The first kappa shape index (κ1) is 23.7. The molecule has 1 aromatic heterocycles. The Bertz CT molecular complexity index is 1230. The summed E-state index contributed by atoms with van der Waals surface area (Å²) in [5, 5.41) is 0. The number of carbonyl (C=O) groups excluding carboxylic acids is 1. The van der Waals surface area contributed by atoms with Crippen molar-refractivity contribution in [1.82, 2.24) is 4.57 Å². The highest BCUT2D eigenvalue weighted by Gasteiger charge is 2.13. The molecular formula is C22H26N2O4S3. The lowest BCUT2D eigenvalue weighted by Gasteiger charge is -2.05. The van der Waals surface area contributed by atoms with Crippen molar-refractivity contribution in [2.45, 2.75) is 36.1 Å². The van der Waals surface area contributed by atoms with E-state index in [1.165, 1.54) is 28.1 Å². The molecule has 3 rings (SSSR count). The van der Waals surface area contributed by atoms with Gasteiger partial charge in [0.2, 0.25) is 5.91 Å². The second kappa shape index (κ2) is 10.6. The lowest BCUT2D eigenvalue weighted by Crippen LogP contribution is -2.19. The summed E-state index contributed by atoms with van der Waals surface area (Å²) in [6, 6.07) is 13.3. The van der Waals surface area contributed by atoms with Gasteiger partial charge < -0.3 is 9.30 Å². The largest absolute Gasteiger partial charge is 0.383 e. The summed E-state index contributed by atoms with van der Waals surface area (Å²) in [5.41, 5.74) is 2.07. The molecule has 0 saturated carbocycles. The summed E-state index contributed by atoms with van der Waals surface area (Å²) in [6.07, 6.45) is 2.29. The number of nitrogens with zero attached hydrogens (tertiary/aromatic N) is 2. The van der Waals surface area contributed by atoms with Crippen LogP contribution in [0.4, 0.5) is 0 Å². The summed E-state index contributed by atoms with van der Waals surface area (Å²) in [4.78, 5) is 18.8. The lowest BCUT2D eigenvalue weighted by atomic mass is 10.2. The maximum absolute atomic E-state index is 12.5. The molecule has 0 unspecified atom stereocenters. The molecule has 1 heterocycles. The third-order valence-electron chi connectivity index (χ3n) is 4.65. The molecule has 1 amide bonds. The first-order chi connectivity index (χ1) is 14.8. The SMILES string of the molecule is COCCn1c(=NC(=O)CCCSc2ccc(C)cc2)sc2cc(S(C)(=O)=O)ccc21. The topological polar surface area (TPSA) is 77.7 Å². The molecule has 0 aliphatic heterocycles. The molecule has 166 valence electrons. The molecule has 0 fully saturated rings. The molecule has 2 aromatic carbocycles. The first-order valence-corrected chi connectivity index (χ1v) is 13.6. The van der Waals surface area contributed by atoms with Gasteiger partial charge in [-0.3, -0.25) is 4.79 Å². The Balaban J connectivity index is 1.75. The summed E-state index contributed by atoms with van der Waals surface area (Å²) in [6.45, 7) is 3.06. The minimum absolute atomic E-state index is 0.175. The standard InChI is InChI=1S/C22H26N2O4S3/c1-16-6-8-17(9-7-16)29-14-4-5-21(25)23-22-24(12-13-28-2)19-11-10-18(31(3,26)27)15-20(19)30-22/h6-11,15H,4-5,12-14H2,1-3H3. The third-order valence-corrected chi connectivity index (χ3v) is 7.90. The van der Waals surface area contributed by atoms with Crippen molar-refractivity contribution in [3.8, 4) is 0 Å². The number of thiazole rings is 1. The number of hydrogen-bond acceptors (Lipinski definition) is 6. The van der Waals surface area contributed by atoms with E-state index in [-0.39, 0.29) is 10.8 Å². The molecule has 31 heavy (non-hydrogen) atoms. The maximum Gasteiger partial charge on any atom is 0.248 e. The van der Waals surface area contributed by atoms with Gasteiger partial charge in [-0.15, -0.1) is 11.8 Å². The van der Waals surface area contributed by atoms with Crippen LogP contribution < -0.4 is 4.80 Å². The molecule has 6 nitrogen and oxygen atoms in total. The van der Waals surface area contributed by atoms with Crippen molar-refractivity contribution >= 4 is 49.1 Å². The van der Waals surface area contributed by atoms with Gasteiger partial charge in [0.25, 0.3) is 0 Å². The van der Waals surface area contributed by atoms with Crippen molar-refractivity contribution in [3.63, 3.8) is 0 Å². The van der Waals surface area contributed by atoms with Gasteiger partial charge >= 0.3 is 0 Å². The van der Waals surface area contributed by atoms with E-state index in [1.807, 2.05) is 4.57 Å². The van der Waals surface area contributed by atoms with Crippen LogP contribution in [-0.2, 0) is 25.9 Å². The number of sulfone groups is 1. The van der Waals surface area contributed by atoms with Crippen molar-refractivity contribution in [2.75, 3.05) is 25.7 Å². The zero-order chi connectivity index (χ0) is 22.4. The smallest absolute Gasteiger partial charge is 0.248 e. The van der Waals surface area contributed by atoms with Crippen LogP contribution in [-0.4, -0.2) is 44.6 Å². The quantitative estimate of drug-likeness (QED) is 0.342. The second-order valence-corrected chi connectivity index (χ2v) is 11.4. The Morgan fingerprint density at radius 2 is 1.94 bits per heavy atom. The van der Waals surface area contributed by atoms with Gasteiger partial charge in [0.1, 0.15) is 0 Å². The number of carbonyl (C=O) groups is 1. The van der Waals surface area contributed by atoms with Crippen LogP contribution in [0.3, 0.4) is 0 Å². The Kier molecular flexibility index (Phi) is 8.10. The van der Waals surface area contributed by atoms with Crippen LogP contribution in [0.15, 0.2) is 57.2 Å². The van der Waals surface area contributed by atoms with E-state index in [9.17, 15) is 13.2 Å². The van der Waals surface area contributed by atoms with Crippen LogP contribution in [0, 0.1) is 6.92 Å². The summed E-state index contributed by atoms with van der Waals surface area (Å²) < 4.78 is 31.6. The van der Waals surface area contributed by atoms with E-state index >= 15 is 0 Å². The number of aryl methyl sites for hydroxylation is 1. The van der Waals surface area contributed by atoms with E-state index in [1.54, 1.807) is 37.1 Å². The minimum atomic E-state index is -3.31. The number of hydrogen-bond donors (Lipinski definition) is 0. The Labute approximate surface area is 190 Å². The second-order valence-electron chi connectivity index (χ2n) is 7.20. The lowest BCUT2D eigenvalue weighted by molar-refractivity contribution is -0.118. The summed E-state index contributed by atoms with van der Waals surface area (Å²) in [7, 11) is -1.69. The molecule has 3 aromatic rings. The molecule has 0 saturated heterocycles. The highest BCUT2D eigenvalue weighted by atomic mass is 32.2. The Morgan fingerprint density at radius 3 is 2.61 bits per heavy atom. The highest BCUT2D eigenvalue weighted by molar-refractivity contribution is 7.99. The average Bonchev–Trinajstić information content (AvgIpc) is 3.06. The Hall–Kier alpha value is -1.94. The van der Waals surface area contributed by atoms with E-state index < -0.39 is 9.84 Å². The van der Waals surface area contributed by atoms with Gasteiger partial charge in [0.05, 0.1) is 21.7 Å². The van der Waals surface area contributed by atoms with E-state index in [2.05, 4.69) is 36.2 Å². The molecule has 0 N–H and O–H groups in total. The predicted molar refractivity (Wildman–Crippen MR) is 127 cm³/mol. The fraction of sp³-hybridized carbons (Fsp3) is 0.364. The number of aromatic nitrogens is 1. The minimum Gasteiger partial charge on any atom is -0.383 e. The number of rotatable bonds is 9. The van der Waals surface area contributed by atoms with Crippen LogP contribution in [0.5, 0.6) is 0 Å². The number of thioether (sulfide) groups is 1. The number of amides is 1. The molecule has 0 spiro atoms. The molecular weight excluding hydrogens is 452 g/mol. The van der Waals surface area contributed by atoms with Crippen molar-refractivity contribution in [2.24, 2.45) is 4.99 Å². The van der Waals surface area contributed by atoms with Crippen molar-refractivity contribution in [3.05, 3.63) is 52.8 Å². The van der Waals surface area contributed by atoms with Crippen molar-refractivity contribution in [1.29, 1.82) is 0 Å². The summed E-state index contributed by atoms with van der Waals surface area (Å²) in [5.74, 6) is 0.670. The van der Waals surface area contributed by atoms with E-state index in [0.29, 0.717) is 24.4 Å². The number of fused-ring (bicyclic) bond motifs is 1. The normalized spacial score (nSPS) is 12.5. The third kappa shape index (κ3) is 6.52. The van der Waals surface area contributed by atoms with Crippen LogP contribution in [0.2, 0.25) is 0 Å². The molecule has 0 aliphatic rings. The van der Waals surface area contributed by atoms with Gasteiger partial charge in [-0.2, -0.15) is 4.99 Å². The predicted octanol–water partition coefficient (Wildman–Crippen LogP) is 4.06. The Morgan fingerprint density at radius 1 is 1.19 bits per heavy atom. The fourth-order valence-corrected chi connectivity index (χ4v) is 5.67. The van der Waals surface area contributed by atoms with Crippen molar-refractivity contribution < 1.29 is 17.9 Å². The molecule has 0 aliphatic carbocycles. The molecule has 0 atom stereocenters. The van der Waals surface area contributed by atoms with Gasteiger partial charge in [-0.1, -0.05) is 29.0 Å². The monoisotopic (exact) mass is 478 g/mol. The highest BCUT2D eigenvalue weighted by Crippen LogP contribution is 2.22. The van der Waals surface area contributed by atoms with Gasteiger partial charge in [0, 0.05) is 31.2 Å². The molecule has 0 radical (unpaired) electrons. The number of benzene rings is 2. The van der Waals surface area contributed by atoms with Gasteiger partial charge in [0.15, 0.2) is 14.6 Å². The summed E-state index contributed by atoms with van der Waals surface area (Å²) >= 11 is 3.05. The van der Waals surface area contributed by atoms with Crippen LogP contribution >= 0.6 is 23.1 Å². The number of methoxy groups -OCH3 is 1. The van der Waals surface area contributed by atoms with Gasteiger partial charge in [-0.05, 0) is 49.4 Å². The van der Waals surface area contributed by atoms with E-state index in [4.69, 9.17) is 4.74 Å². The molecule has 9 heteroatoms. The number of ether oxygens (including phenoxy) is 1. The van der Waals surface area contributed by atoms with E-state index in [0.717, 1.165) is 22.4 Å². The van der Waals surface area contributed by atoms with Crippen LogP contribution in [0.25, 0.3) is 10.2 Å². The average molecular weight is 479 g/mol. The molecule has 0 bridgehead atoms. The maximum atomic E-state index is 12.5. The van der Waals surface area contributed by atoms with Crippen LogP contribution in [0.1, 0.15) is 18.4 Å². The zero-order valence-corrected chi connectivity index (χ0v) is 20.3. The van der Waals surface area contributed by atoms with Gasteiger partial charge in [-0.25, -0.2) is 8.42 Å². The fourth-order valence-electron chi connectivity index (χ4n) is 2.98. The first-order valence-electron chi connectivity index (χ1n) is 9.87. The zero-order valence-electron chi connectivity index (χ0n) is 17.8.